The first kappa shape index (κ1) is 35.2. The smallest absolute Gasteiger partial charge is 0.305 e. The highest BCUT2D eigenvalue weighted by Crippen LogP contribution is 2.60. The van der Waals surface area contributed by atoms with E-state index >= 15 is 0 Å². The molecule has 0 radical (unpaired) electrons. The molecule has 2 saturated heterocycles. The summed E-state index contributed by atoms with van der Waals surface area (Å²) in [5.74, 6) is -1.34. The summed E-state index contributed by atoms with van der Waals surface area (Å²) in [6, 6.07) is 13.1. The lowest BCUT2D eigenvalue weighted by Gasteiger charge is -2.37. The molecule has 264 valence electrons. The molecule has 2 aromatic rings. The van der Waals surface area contributed by atoms with E-state index < -0.39 is 31.5 Å². The Balaban J connectivity index is 1.35. The van der Waals surface area contributed by atoms with Crippen LogP contribution in [0.3, 0.4) is 0 Å². The van der Waals surface area contributed by atoms with E-state index in [2.05, 4.69) is 5.32 Å². The third-order valence-electron chi connectivity index (χ3n) is 10.9. The topological polar surface area (TPSA) is 149 Å². The first-order chi connectivity index (χ1) is 23.4. The zero-order valence-electron chi connectivity index (χ0n) is 28.8. The number of aliphatic hydroxyl groups excluding tert-OH is 1. The number of ether oxygens (including phenoxy) is 2. The van der Waals surface area contributed by atoms with Gasteiger partial charge in [-0.1, -0.05) is 31.2 Å². The summed E-state index contributed by atoms with van der Waals surface area (Å²) in [6.45, 7) is 7.43. The van der Waals surface area contributed by atoms with Gasteiger partial charge < -0.3 is 39.4 Å². The van der Waals surface area contributed by atoms with Crippen LogP contribution in [0.2, 0.25) is 18.6 Å². The minimum Gasteiger partial charge on any atom is -0.469 e. The zero-order chi connectivity index (χ0) is 35.1. The predicted molar refractivity (Wildman–Crippen MR) is 185 cm³/mol. The quantitative estimate of drug-likeness (QED) is 0.194. The molecular formula is C36H48N4O8Si. The van der Waals surface area contributed by atoms with Crippen molar-refractivity contribution in [1.29, 1.82) is 0 Å². The van der Waals surface area contributed by atoms with Gasteiger partial charge in [-0.15, -0.1) is 0 Å². The van der Waals surface area contributed by atoms with E-state index in [0.717, 1.165) is 11.1 Å². The molecule has 3 amide bonds. The molecule has 4 aliphatic heterocycles. The van der Waals surface area contributed by atoms with Crippen molar-refractivity contribution >= 4 is 43.4 Å². The van der Waals surface area contributed by atoms with Crippen LogP contribution in [0.1, 0.15) is 49.3 Å². The van der Waals surface area contributed by atoms with Crippen LogP contribution in [-0.2, 0) is 47.2 Å². The lowest BCUT2D eigenvalue weighted by molar-refractivity contribution is -0.151. The summed E-state index contributed by atoms with van der Waals surface area (Å²) < 4.78 is 11.7. The largest absolute Gasteiger partial charge is 0.469 e. The Morgan fingerprint density at radius 2 is 1.88 bits per heavy atom. The van der Waals surface area contributed by atoms with E-state index in [1.165, 1.54) is 7.11 Å². The number of carbonyl (C=O) groups is 4. The molecular weight excluding hydrogens is 645 g/mol. The van der Waals surface area contributed by atoms with E-state index in [1.54, 1.807) is 14.7 Å². The van der Waals surface area contributed by atoms with Gasteiger partial charge in [0.1, 0.15) is 0 Å². The van der Waals surface area contributed by atoms with Gasteiger partial charge in [0.2, 0.25) is 11.8 Å². The molecule has 2 aromatic carbocycles. The van der Waals surface area contributed by atoms with Crippen LogP contribution >= 0.6 is 0 Å². The number of rotatable bonds is 10. The van der Waals surface area contributed by atoms with E-state index in [0.29, 0.717) is 62.4 Å². The number of amides is 3. The van der Waals surface area contributed by atoms with Crippen molar-refractivity contribution in [2.45, 2.75) is 82.0 Å². The van der Waals surface area contributed by atoms with Gasteiger partial charge in [-0.05, 0) is 61.7 Å². The Labute approximate surface area is 288 Å². The Kier molecular flexibility index (Phi) is 10.0. The van der Waals surface area contributed by atoms with Crippen molar-refractivity contribution in [3.63, 3.8) is 0 Å². The summed E-state index contributed by atoms with van der Waals surface area (Å²) in [4.78, 5) is 70.5. The van der Waals surface area contributed by atoms with E-state index in [-0.39, 0.29) is 55.7 Å². The van der Waals surface area contributed by atoms with E-state index in [9.17, 15) is 29.1 Å². The summed E-state index contributed by atoms with van der Waals surface area (Å²) >= 11 is 0. The highest BCUT2D eigenvalue weighted by atomic mass is 28.4. The van der Waals surface area contributed by atoms with Crippen molar-refractivity contribution in [2.24, 2.45) is 5.92 Å². The highest BCUT2D eigenvalue weighted by Gasteiger charge is 2.66. The van der Waals surface area contributed by atoms with Gasteiger partial charge in [-0.25, -0.2) is 0 Å². The molecule has 4 aliphatic rings. The number of nitrogens with one attached hydrogen (secondary N) is 1. The van der Waals surface area contributed by atoms with Crippen molar-refractivity contribution in [3.05, 3.63) is 59.2 Å². The fourth-order valence-corrected chi connectivity index (χ4v) is 11.1. The Morgan fingerprint density at radius 3 is 2.57 bits per heavy atom. The molecule has 0 bridgehead atoms. The number of methoxy groups -OCH3 is 1. The van der Waals surface area contributed by atoms with Gasteiger partial charge >= 0.3 is 5.97 Å². The van der Waals surface area contributed by atoms with Gasteiger partial charge in [0, 0.05) is 55.3 Å². The van der Waals surface area contributed by atoms with Crippen molar-refractivity contribution in [1.82, 2.24) is 10.2 Å². The van der Waals surface area contributed by atoms with Crippen LogP contribution in [0.4, 0.5) is 11.4 Å². The van der Waals surface area contributed by atoms with Crippen molar-refractivity contribution in [2.75, 3.05) is 49.7 Å². The second-order valence-corrected chi connectivity index (χ2v) is 18.3. The van der Waals surface area contributed by atoms with E-state index in [4.69, 9.17) is 9.47 Å². The number of piperazine rings is 1. The molecule has 2 fully saturated rings. The number of carbonyl (C=O) groups excluding carboxylic acids is 4. The molecule has 13 heteroatoms. The molecule has 0 aromatic heterocycles. The molecule has 4 heterocycles. The van der Waals surface area contributed by atoms with Gasteiger partial charge in [-0.2, -0.15) is 0 Å². The fourth-order valence-electron chi connectivity index (χ4n) is 8.51. The monoisotopic (exact) mass is 692 g/mol. The molecule has 49 heavy (non-hydrogen) atoms. The Morgan fingerprint density at radius 1 is 1.12 bits per heavy atom. The molecule has 0 unspecified atom stereocenters. The Bertz CT molecular complexity index is 1610. The van der Waals surface area contributed by atoms with E-state index in [1.807, 2.05) is 62.5 Å². The van der Waals surface area contributed by atoms with Gasteiger partial charge in [0.25, 0.3) is 5.91 Å². The average molecular weight is 693 g/mol. The predicted octanol–water partition coefficient (Wildman–Crippen LogP) is 2.45. The minimum absolute atomic E-state index is 0.0515. The Hall–Kier alpha value is -3.62. The number of fused-ring (bicyclic) bond motifs is 3. The molecule has 0 aliphatic carbocycles. The second-order valence-electron chi connectivity index (χ2n) is 14.3. The third kappa shape index (κ3) is 6.42. The normalized spacial score (nSPS) is 26.7. The number of unbranched alkanes of at least 4 members (excludes halogenated alkanes) is 1. The number of benzene rings is 2. The SMILES string of the molecule is COC(=O)CCCCN1C(=O)[C@]2(O[C@H](CC(=O)N3Cc4ccccc4C[C@H]3CO)[C@@H]([Si](C)(C)O)[C@@H]2C)c2cc(N3CCNCC3=O)ccc21. The van der Waals surface area contributed by atoms with Gasteiger partial charge in [0.05, 0.1) is 44.5 Å². The summed E-state index contributed by atoms with van der Waals surface area (Å²) in [7, 11) is -1.71. The average Bonchev–Trinajstić information content (AvgIpc) is 3.51. The number of nitrogens with zero attached hydrogens (tertiary/aromatic N) is 3. The summed E-state index contributed by atoms with van der Waals surface area (Å²) in [5, 5.41) is 13.4. The van der Waals surface area contributed by atoms with Crippen LogP contribution in [0.25, 0.3) is 0 Å². The van der Waals surface area contributed by atoms with Crippen molar-refractivity contribution in [3.8, 4) is 0 Å². The summed E-state index contributed by atoms with van der Waals surface area (Å²) in [5.41, 5.74) is 2.13. The molecule has 5 atom stereocenters. The van der Waals surface area contributed by atoms with Gasteiger partial charge in [0.15, 0.2) is 13.9 Å². The van der Waals surface area contributed by atoms with Crippen LogP contribution in [0, 0.1) is 5.92 Å². The first-order valence-corrected chi connectivity index (χ1v) is 20.3. The maximum atomic E-state index is 14.8. The first-order valence-electron chi connectivity index (χ1n) is 17.3. The minimum atomic E-state index is -3.06. The number of aliphatic hydroxyl groups is 1. The highest BCUT2D eigenvalue weighted by molar-refractivity contribution is 6.71. The van der Waals surface area contributed by atoms with Gasteiger partial charge in [-0.3, -0.25) is 19.2 Å². The third-order valence-corrected chi connectivity index (χ3v) is 13.4. The lowest BCUT2D eigenvalue weighted by atomic mass is 9.82. The standard InChI is InChI=1S/C36H48N4O8Si/c1-23-34(49(3,4)46)30(19-31(42)40-21-25-10-6-5-9-24(25)17-27(40)22-41)48-36(23)28-18-26(38-16-14-37-20-32(38)43)12-13-29(28)39(35(36)45)15-8-7-11-33(44)47-2/h5-6,9-10,12-13,18,23,27,30,34,37,41,46H,7-8,11,14-17,19-22H2,1-4H3/t23-,27-,30+,34-,36+/m0/s1. The number of esters is 1. The fraction of sp³-hybridized carbons (Fsp3) is 0.556. The lowest BCUT2D eigenvalue weighted by Crippen LogP contribution is -2.48. The summed E-state index contributed by atoms with van der Waals surface area (Å²) in [6.07, 6.45) is 1.05. The van der Waals surface area contributed by atoms with Crippen LogP contribution in [-0.4, -0.2) is 98.9 Å². The molecule has 12 nitrogen and oxygen atoms in total. The van der Waals surface area contributed by atoms with Crippen molar-refractivity contribution < 1.29 is 38.6 Å². The number of hydrogen-bond donors (Lipinski definition) is 3. The molecule has 6 rings (SSSR count). The molecule has 3 N–H and O–H groups in total. The second kappa shape index (κ2) is 13.9. The van der Waals surface area contributed by atoms with Crippen LogP contribution in [0.5, 0.6) is 0 Å². The zero-order valence-corrected chi connectivity index (χ0v) is 29.8. The number of anilines is 2. The molecule has 1 spiro atoms. The number of hydrogen-bond acceptors (Lipinski definition) is 9. The van der Waals surface area contributed by atoms with Crippen LogP contribution in [0.15, 0.2) is 42.5 Å². The molecule has 0 saturated carbocycles. The van der Waals surface area contributed by atoms with Crippen LogP contribution < -0.4 is 15.1 Å². The maximum Gasteiger partial charge on any atom is 0.305 e. The maximum absolute atomic E-state index is 14.8.